The zero-order valence-corrected chi connectivity index (χ0v) is 9.08. The molecule has 0 radical (unpaired) electrons. The SMILES string of the molecule is CC1CC=Cc2c1oc1cc(Cl)cnc21. The molecule has 0 saturated carbocycles. The highest BCUT2D eigenvalue weighted by atomic mass is 35.5. The molecule has 0 spiro atoms. The van der Waals surface area contributed by atoms with Crippen LogP contribution in [0.3, 0.4) is 0 Å². The van der Waals surface area contributed by atoms with E-state index in [-0.39, 0.29) is 0 Å². The third kappa shape index (κ3) is 1.29. The molecule has 0 aromatic carbocycles. The summed E-state index contributed by atoms with van der Waals surface area (Å²) in [5.41, 5.74) is 2.81. The number of rotatable bonds is 0. The predicted octanol–water partition coefficient (Wildman–Crippen LogP) is 4.00. The fourth-order valence-corrected chi connectivity index (χ4v) is 2.16. The fourth-order valence-electron chi connectivity index (χ4n) is 2.02. The summed E-state index contributed by atoms with van der Waals surface area (Å²) in [5.74, 6) is 1.46. The first kappa shape index (κ1) is 8.98. The fraction of sp³-hybridized carbons (Fsp3) is 0.250. The molecule has 0 N–H and O–H groups in total. The smallest absolute Gasteiger partial charge is 0.154 e. The molecule has 0 aliphatic heterocycles. The molecule has 1 aliphatic carbocycles. The minimum Gasteiger partial charge on any atom is -0.458 e. The minimum atomic E-state index is 0.429. The van der Waals surface area contributed by atoms with Crippen molar-refractivity contribution in [2.45, 2.75) is 19.3 Å². The van der Waals surface area contributed by atoms with Gasteiger partial charge in [-0.3, -0.25) is 4.98 Å². The molecule has 0 saturated heterocycles. The van der Waals surface area contributed by atoms with Crippen molar-refractivity contribution >= 4 is 28.8 Å². The van der Waals surface area contributed by atoms with Crippen LogP contribution in [-0.4, -0.2) is 4.98 Å². The Kier molecular flexibility index (Phi) is 1.86. The van der Waals surface area contributed by atoms with Crippen LogP contribution >= 0.6 is 11.6 Å². The van der Waals surface area contributed by atoms with Crippen LogP contribution in [0.5, 0.6) is 0 Å². The average molecular weight is 220 g/mol. The highest BCUT2D eigenvalue weighted by Gasteiger charge is 2.20. The summed E-state index contributed by atoms with van der Waals surface area (Å²) in [4.78, 5) is 4.31. The molecular formula is C12H10ClNO. The van der Waals surface area contributed by atoms with Crippen molar-refractivity contribution in [1.29, 1.82) is 0 Å². The second-order valence-electron chi connectivity index (χ2n) is 3.92. The number of aromatic nitrogens is 1. The van der Waals surface area contributed by atoms with Crippen LogP contribution in [0.1, 0.15) is 30.6 Å². The maximum atomic E-state index is 5.88. The van der Waals surface area contributed by atoms with Crippen LogP contribution in [0.15, 0.2) is 22.8 Å². The Labute approximate surface area is 92.6 Å². The number of hydrogen-bond acceptors (Lipinski definition) is 2. The van der Waals surface area contributed by atoms with E-state index in [1.165, 1.54) is 0 Å². The first-order valence-corrected chi connectivity index (χ1v) is 5.38. The Morgan fingerprint density at radius 1 is 1.53 bits per heavy atom. The van der Waals surface area contributed by atoms with Gasteiger partial charge in [-0.2, -0.15) is 0 Å². The van der Waals surface area contributed by atoms with Crippen molar-refractivity contribution in [2.75, 3.05) is 0 Å². The molecule has 2 nitrogen and oxygen atoms in total. The molecule has 76 valence electrons. The maximum absolute atomic E-state index is 5.88. The topological polar surface area (TPSA) is 26.0 Å². The summed E-state index contributed by atoms with van der Waals surface area (Å²) in [6.07, 6.45) is 6.94. The van der Waals surface area contributed by atoms with E-state index in [4.69, 9.17) is 16.0 Å². The van der Waals surface area contributed by atoms with Gasteiger partial charge in [-0.15, -0.1) is 0 Å². The van der Waals surface area contributed by atoms with Crippen molar-refractivity contribution in [3.05, 3.63) is 34.7 Å². The molecule has 3 rings (SSSR count). The molecule has 1 unspecified atom stereocenters. The highest BCUT2D eigenvalue weighted by Crippen LogP contribution is 2.36. The highest BCUT2D eigenvalue weighted by molar-refractivity contribution is 6.31. The summed E-state index contributed by atoms with van der Waals surface area (Å²) in [6.45, 7) is 2.16. The Morgan fingerprint density at radius 3 is 3.27 bits per heavy atom. The predicted molar refractivity (Wildman–Crippen MR) is 61.1 cm³/mol. The standard InChI is InChI=1S/C12H10ClNO/c1-7-3-2-4-9-11-10(15-12(7)9)5-8(13)6-14-11/h2,4-7H,3H2,1H3. The normalized spacial score (nSPS) is 19.5. The molecule has 2 aromatic rings. The number of nitrogens with zero attached hydrogens (tertiary/aromatic N) is 1. The Balaban J connectivity index is 2.36. The lowest BCUT2D eigenvalue weighted by molar-refractivity contribution is 0.504. The number of furan rings is 1. The quantitative estimate of drug-likeness (QED) is 0.669. The van der Waals surface area contributed by atoms with Gasteiger partial charge in [-0.25, -0.2) is 0 Å². The monoisotopic (exact) mass is 219 g/mol. The molecule has 1 atom stereocenters. The Morgan fingerprint density at radius 2 is 2.40 bits per heavy atom. The van der Waals surface area contributed by atoms with E-state index in [0.717, 1.165) is 28.8 Å². The van der Waals surface area contributed by atoms with E-state index >= 15 is 0 Å². The lowest BCUT2D eigenvalue weighted by Gasteiger charge is -2.10. The van der Waals surface area contributed by atoms with Crippen LogP contribution < -0.4 is 0 Å². The lowest BCUT2D eigenvalue weighted by Crippen LogP contribution is -1.95. The van der Waals surface area contributed by atoms with Crippen molar-refractivity contribution in [2.24, 2.45) is 0 Å². The number of allylic oxidation sites excluding steroid dienone is 1. The first-order chi connectivity index (χ1) is 7.25. The van der Waals surface area contributed by atoms with Gasteiger partial charge >= 0.3 is 0 Å². The van der Waals surface area contributed by atoms with Crippen LogP contribution in [0.2, 0.25) is 5.02 Å². The van der Waals surface area contributed by atoms with E-state index in [1.807, 2.05) is 6.07 Å². The minimum absolute atomic E-state index is 0.429. The molecule has 3 heteroatoms. The Bertz CT molecular complexity index is 556. The second-order valence-corrected chi connectivity index (χ2v) is 4.36. The molecule has 1 aliphatic rings. The van der Waals surface area contributed by atoms with E-state index in [2.05, 4.69) is 24.1 Å². The summed E-state index contributed by atoms with van der Waals surface area (Å²) in [7, 11) is 0. The number of fused-ring (bicyclic) bond motifs is 3. The third-order valence-corrected chi connectivity index (χ3v) is 2.99. The zero-order valence-electron chi connectivity index (χ0n) is 8.33. The van der Waals surface area contributed by atoms with E-state index in [0.29, 0.717) is 10.9 Å². The van der Waals surface area contributed by atoms with Gasteiger partial charge in [0.1, 0.15) is 11.3 Å². The van der Waals surface area contributed by atoms with E-state index in [1.54, 1.807) is 6.20 Å². The van der Waals surface area contributed by atoms with E-state index in [9.17, 15) is 0 Å². The molecule has 0 fully saturated rings. The van der Waals surface area contributed by atoms with Crippen molar-refractivity contribution < 1.29 is 4.42 Å². The van der Waals surface area contributed by atoms with Crippen LogP contribution in [0.25, 0.3) is 17.2 Å². The van der Waals surface area contributed by atoms with Crippen LogP contribution in [0.4, 0.5) is 0 Å². The van der Waals surface area contributed by atoms with Crippen LogP contribution in [0, 0.1) is 0 Å². The summed E-state index contributed by atoms with van der Waals surface area (Å²) in [5, 5.41) is 0.616. The second kappa shape index (κ2) is 3.11. The van der Waals surface area contributed by atoms with Crippen molar-refractivity contribution in [3.8, 4) is 0 Å². The first-order valence-electron chi connectivity index (χ1n) is 5.00. The molecule has 0 bridgehead atoms. The molecule has 15 heavy (non-hydrogen) atoms. The largest absolute Gasteiger partial charge is 0.458 e. The molecule has 2 heterocycles. The van der Waals surface area contributed by atoms with Crippen molar-refractivity contribution in [1.82, 2.24) is 4.98 Å². The maximum Gasteiger partial charge on any atom is 0.154 e. The van der Waals surface area contributed by atoms with Gasteiger partial charge in [0.25, 0.3) is 0 Å². The van der Waals surface area contributed by atoms with Gasteiger partial charge in [0, 0.05) is 23.7 Å². The molecule has 0 amide bonds. The van der Waals surface area contributed by atoms with Gasteiger partial charge < -0.3 is 4.42 Å². The molecular weight excluding hydrogens is 210 g/mol. The summed E-state index contributed by atoms with van der Waals surface area (Å²) >= 11 is 5.88. The lowest BCUT2D eigenvalue weighted by atomic mass is 9.95. The van der Waals surface area contributed by atoms with Gasteiger partial charge in [-0.1, -0.05) is 30.7 Å². The van der Waals surface area contributed by atoms with E-state index < -0.39 is 0 Å². The molecule has 2 aromatic heterocycles. The number of pyridine rings is 1. The van der Waals surface area contributed by atoms with Gasteiger partial charge in [0.15, 0.2) is 5.58 Å². The van der Waals surface area contributed by atoms with Crippen LogP contribution in [-0.2, 0) is 0 Å². The third-order valence-electron chi connectivity index (χ3n) is 2.78. The zero-order chi connectivity index (χ0) is 10.4. The van der Waals surface area contributed by atoms with Gasteiger partial charge in [0.05, 0.1) is 5.02 Å². The van der Waals surface area contributed by atoms with Gasteiger partial charge in [0.2, 0.25) is 0 Å². The summed E-state index contributed by atoms with van der Waals surface area (Å²) < 4.78 is 5.79. The number of hydrogen-bond donors (Lipinski definition) is 0. The summed E-state index contributed by atoms with van der Waals surface area (Å²) in [6, 6.07) is 1.82. The average Bonchev–Trinajstić information content (AvgIpc) is 2.57. The van der Waals surface area contributed by atoms with Crippen molar-refractivity contribution in [3.63, 3.8) is 0 Å². The van der Waals surface area contributed by atoms with Gasteiger partial charge in [-0.05, 0) is 6.42 Å². The Hall–Kier alpha value is -1.28. The number of halogens is 1.